The van der Waals surface area contributed by atoms with Crippen molar-refractivity contribution in [1.29, 1.82) is 0 Å². The van der Waals surface area contributed by atoms with Crippen LogP contribution in [0.3, 0.4) is 0 Å². The average molecular weight is 292 g/mol. The molecule has 2 N–H and O–H groups in total. The highest BCUT2D eigenvalue weighted by Crippen LogP contribution is 2.14. The van der Waals surface area contributed by atoms with Gasteiger partial charge in [0.2, 0.25) is 0 Å². The summed E-state index contributed by atoms with van der Waals surface area (Å²) in [6.45, 7) is 6.28. The summed E-state index contributed by atoms with van der Waals surface area (Å²) in [6.07, 6.45) is 1.54. The van der Waals surface area contributed by atoms with Crippen LogP contribution in [0.25, 0.3) is 0 Å². The molecule has 0 aromatic carbocycles. The summed E-state index contributed by atoms with van der Waals surface area (Å²) in [4.78, 5) is 11.3. The van der Waals surface area contributed by atoms with E-state index < -0.39 is 0 Å². The molecular weight excluding hydrogens is 272 g/mol. The molecular formula is C13H20N6S. The number of hydrogen-bond acceptors (Lipinski definition) is 4. The first-order valence-electron chi connectivity index (χ1n) is 6.59. The number of rotatable bonds is 5. The van der Waals surface area contributed by atoms with Gasteiger partial charge in [0.1, 0.15) is 18.7 Å². The van der Waals surface area contributed by atoms with E-state index in [-0.39, 0.29) is 0 Å². The molecule has 0 aliphatic heterocycles. The van der Waals surface area contributed by atoms with Gasteiger partial charge in [0, 0.05) is 23.3 Å². The van der Waals surface area contributed by atoms with E-state index in [1.54, 1.807) is 22.3 Å². The van der Waals surface area contributed by atoms with E-state index in [0.29, 0.717) is 6.54 Å². The Bertz CT molecular complexity index is 571. The first-order chi connectivity index (χ1) is 9.69. The van der Waals surface area contributed by atoms with Crippen molar-refractivity contribution in [2.24, 2.45) is 12.0 Å². The van der Waals surface area contributed by atoms with E-state index in [9.17, 15) is 0 Å². The molecule has 20 heavy (non-hydrogen) atoms. The molecule has 0 aliphatic carbocycles. The number of nitrogens with zero attached hydrogens (tertiary/aromatic N) is 4. The lowest BCUT2D eigenvalue weighted by molar-refractivity contribution is 0.697. The molecule has 0 saturated heterocycles. The number of guanidine groups is 1. The maximum absolute atomic E-state index is 4.51. The minimum Gasteiger partial charge on any atom is -0.357 e. The topological polar surface area (TPSA) is 67.1 Å². The Morgan fingerprint density at radius 1 is 1.40 bits per heavy atom. The maximum Gasteiger partial charge on any atom is 0.191 e. The van der Waals surface area contributed by atoms with Crippen LogP contribution in [0.2, 0.25) is 0 Å². The Balaban J connectivity index is 1.94. The molecule has 0 atom stereocenters. The van der Waals surface area contributed by atoms with Gasteiger partial charge in [-0.2, -0.15) is 5.10 Å². The largest absolute Gasteiger partial charge is 0.357 e. The van der Waals surface area contributed by atoms with Crippen LogP contribution in [0.5, 0.6) is 0 Å². The molecule has 2 aromatic rings. The SMILES string of the molecule is CCNC(=NCc1ncnn1C)NCc1ccc(C)s1. The van der Waals surface area contributed by atoms with Gasteiger partial charge in [-0.15, -0.1) is 11.3 Å². The zero-order chi connectivity index (χ0) is 14.4. The van der Waals surface area contributed by atoms with Crippen molar-refractivity contribution in [2.75, 3.05) is 6.54 Å². The maximum atomic E-state index is 4.51. The minimum absolute atomic E-state index is 0.509. The van der Waals surface area contributed by atoms with Crippen LogP contribution in [0.4, 0.5) is 0 Å². The predicted octanol–water partition coefficient (Wildman–Crippen LogP) is 1.44. The number of hydrogen-bond donors (Lipinski definition) is 2. The molecule has 0 fully saturated rings. The third-order valence-electron chi connectivity index (χ3n) is 2.75. The Morgan fingerprint density at radius 2 is 2.25 bits per heavy atom. The van der Waals surface area contributed by atoms with Crippen molar-refractivity contribution in [3.8, 4) is 0 Å². The third kappa shape index (κ3) is 4.06. The third-order valence-corrected chi connectivity index (χ3v) is 3.75. The predicted molar refractivity (Wildman–Crippen MR) is 81.7 cm³/mol. The number of thiophene rings is 1. The van der Waals surface area contributed by atoms with Gasteiger partial charge >= 0.3 is 0 Å². The standard InChI is InChI=1S/C13H20N6S/c1-4-14-13(15-7-11-6-5-10(2)20-11)16-8-12-17-9-18-19(12)3/h5-6,9H,4,7-8H2,1-3H3,(H2,14,15,16). The van der Waals surface area contributed by atoms with Gasteiger partial charge in [0.05, 0.1) is 6.54 Å². The van der Waals surface area contributed by atoms with Gasteiger partial charge in [-0.3, -0.25) is 4.68 Å². The summed E-state index contributed by atoms with van der Waals surface area (Å²) in [5, 5.41) is 10.6. The van der Waals surface area contributed by atoms with Gasteiger partial charge in [0.15, 0.2) is 5.96 Å². The molecule has 108 valence electrons. The molecule has 0 amide bonds. The van der Waals surface area contributed by atoms with Gasteiger partial charge in [0.25, 0.3) is 0 Å². The molecule has 7 heteroatoms. The lowest BCUT2D eigenvalue weighted by Gasteiger charge is -2.10. The van der Waals surface area contributed by atoms with E-state index in [0.717, 1.165) is 24.9 Å². The molecule has 6 nitrogen and oxygen atoms in total. The zero-order valence-corrected chi connectivity index (χ0v) is 12.9. The second-order valence-electron chi connectivity index (χ2n) is 4.36. The smallest absolute Gasteiger partial charge is 0.191 e. The van der Waals surface area contributed by atoms with E-state index in [1.807, 2.05) is 7.05 Å². The average Bonchev–Trinajstić information content (AvgIpc) is 3.02. The van der Waals surface area contributed by atoms with Crippen molar-refractivity contribution >= 4 is 17.3 Å². The van der Waals surface area contributed by atoms with Crippen molar-refractivity contribution < 1.29 is 0 Å². The minimum atomic E-state index is 0.509. The lowest BCUT2D eigenvalue weighted by atomic mass is 10.4. The monoisotopic (exact) mass is 292 g/mol. The van der Waals surface area contributed by atoms with Crippen LogP contribution in [0.1, 0.15) is 22.5 Å². The quantitative estimate of drug-likeness (QED) is 0.646. The summed E-state index contributed by atoms with van der Waals surface area (Å²) < 4.78 is 1.73. The van der Waals surface area contributed by atoms with Crippen LogP contribution in [0, 0.1) is 6.92 Å². The fraction of sp³-hybridized carbons (Fsp3) is 0.462. The van der Waals surface area contributed by atoms with Crippen LogP contribution in [0.15, 0.2) is 23.5 Å². The van der Waals surface area contributed by atoms with Crippen molar-refractivity contribution in [1.82, 2.24) is 25.4 Å². The molecule has 2 heterocycles. The van der Waals surface area contributed by atoms with Crippen molar-refractivity contribution in [3.63, 3.8) is 0 Å². The van der Waals surface area contributed by atoms with E-state index in [4.69, 9.17) is 0 Å². The van der Waals surface area contributed by atoms with E-state index in [2.05, 4.69) is 51.7 Å². The fourth-order valence-corrected chi connectivity index (χ4v) is 2.54. The molecule has 2 rings (SSSR count). The van der Waals surface area contributed by atoms with Crippen LogP contribution in [-0.4, -0.2) is 27.3 Å². The van der Waals surface area contributed by atoms with E-state index >= 15 is 0 Å². The summed E-state index contributed by atoms with van der Waals surface area (Å²) in [7, 11) is 1.87. The molecule has 0 bridgehead atoms. The van der Waals surface area contributed by atoms with Crippen molar-refractivity contribution in [2.45, 2.75) is 26.9 Å². The number of aryl methyl sites for hydroxylation is 2. The Morgan fingerprint density at radius 3 is 2.85 bits per heavy atom. The van der Waals surface area contributed by atoms with Gasteiger partial charge in [-0.1, -0.05) is 0 Å². The normalized spacial score (nSPS) is 11.7. The summed E-state index contributed by atoms with van der Waals surface area (Å²) in [6, 6.07) is 4.27. The molecule has 2 aromatic heterocycles. The highest BCUT2D eigenvalue weighted by atomic mass is 32.1. The molecule has 0 spiro atoms. The molecule has 0 aliphatic rings. The number of nitrogens with one attached hydrogen (secondary N) is 2. The Kier molecular flexibility index (Phi) is 5.11. The summed E-state index contributed by atoms with van der Waals surface area (Å²) in [5.41, 5.74) is 0. The second-order valence-corrected chi connectivity index (χ2v) is 5.73. The first-order valence-corrected chi connectivity index (χ1v) is 7.41. The summed E-state index contributed by atoms with van der Waals surface area (Å²) >= 11 is 1.79. The first kappa shape index (κ1) is 14.5. The second kappa shape index (κ2) is 7.04. The summed E-state index contributed by atoms with van der Waals surface area (Å²) in [5.74, 6) is 1.63. The number of aliphatic imine (C=N–C) groups is 1. The highest BCUT2D eigenvalue weighted by Gasteiger charge is 2.02. The van der Waals surface area contributed by atoms with Crippen LogP contribution in [-0.2, 0) is 20.1 Å². The van der Waals surface area contributed by atoms with Gasteiger partial charge in [-0.25, -0.2) is 9.98 Å². The molecule has 0 unspecified atom stereocenters. The Hall–Kier alpha value is -1.89. The van der Waals surface area contributed by atoms with Crippen LogP contribution >= 0.6 is 11.3 Å². The molecule has 0 saturated carbocycles. The zero-order valence-electron chi connectivity index (χ0n) is 12.1. The van der Waals surface area contributed by atoms with E-state index in [1.165, 1.54) is 9.75 Å². The lowest BCUT2D eigenvalue weighted by Crippen LogP contribution is -2.36. The highest BCUT2D eigenvalue weighted by molar-refractivity contribution is 7.11. The van der Waals surface area contributed by atoms with Crippen LogP contribution < -0.4 is 10.6 Å². The Labute approximate surface area is 123 Å². The molecule has 0 radical (unpaired) electrons. The van der Waals surface area contributed by atoms with Gasteiger partial charge in [-0.05, 0) is 26.0 Å². The fourth-order valence-electron chi connectivity index (χ4n) is 1.71. The number of aromatic nitrogens is 3. The van der Waals surface area contributed by atoms with Gasteiger partial charge < -0.3 is 10.6 Å². The van der Waals surface area contributed by atoms with Crippen molar-refractivity contribution in [3.05, 3.63) is 34.0 Å².